The van der Waals surface area contributed by atoms with E-state index < -0.39 is 0 Å². The van der Waals surface area contributed by atoms with Crippen molar-refractivity contribution < 1.29 is 4.79 Å². The van der Waals surface area contributed by atoms with Crippen LogP contribution in [-0.4, -0.2) is 26.1 Å². The van der Waals surface area contributed by atoms with Gasteiger partial charge < -0.3 is 5.32 Å². The number of carbonyl (C=O) groups is 1. The van der Waals surface area contributed by atoms with E-state index in [2.05, 4.69) is 36.8 Å². The van der Waals surface area contributed by atoms with E-state index >= 15 is 0 Å². The van der Waals surface area contributed by atoms with Crippen molar-refractivity contribution in [1.29, 1.82) is 0 Å². The summed E-state index contributed by atoms with van der Waals surface area (Å²) in [4.78, 5) is 13.8. The molecule has 0 aliphatic rings. The highest BCUT2D eigenvalue weighted by Gasteiger charge is 2.14. The van der Waals surface area contributed by atoms with Gasteiger partial charge in [-0.1, -0.05) is 46.3 Å². The van der Waals surface area contributed by atoms with Gasteiger partial charge in [0.1, 0.15) is 0 Å². The molecule has 0 saturated heterocycles. The van der Waals surface area contributed by atoms with E-state index in [4.69, 9.17) is 0 Å². The molecule has 1 heterocycles. The predicted molar refractivity (Wildman–Crippen MR) is 122 cm³/mol. The van der Waals surface area contributed by atoms with Crippen molar-refractivity contribution in [3.05, 3.63) is 94.2 Å². The van der Waals surface area contributed by atoms with Crippen molar-refractivity contribution >= 4 is 39.3 Å². The van der Waals surface area contributed by atoms with Gasteiger partial charge in [0, 0.05) is 15.1 Å². The van der Waals surface area contributed by atoms with Gasteiger partial charge in [-0.05, 0) is 65.4 Å². The van der Waals surface area contributed by atoms with Crippen molar-refractivity contribution in [2.45, 2.75) is 17.6 Å². The first kappa shape index (κ1) is 20.3. The van der Waals surface area contributed by atoms with Crippen LogP contribution in [-0.2, 0) is 5.75 Å². The quantitative estimate of drug-likeness (QED) is 0.381. The third-order valence-electron chi connectivity index (χ3n) is 4.44. The van der Waals surface area contributed by atoms with Crippen molar-refractivity contribution in [3.8, 4) is 5.69 Å². The lowest BCUT2D eigenvalue weighted by molar-refractivity contribution is 0.102. The van der Waals surface area contributed by atoms with Gasteiger partial charge in [0.2, 0.25) is 0 Å². The van der Waals surface area contributed by atoms with Gasteiger partial charge >= 0.3 is 0 Å². The smallest absolute Gasteiger partial charge is 0.256 e. The van der Waals surface area contributed by atoms with E-state index in [1.165, 1.54) is 11.8 Å². The number of anilines is 1. The van der Waals surface area contributed by atoms with Crippen molar-refractivity contribution in [2.24, 2.45) is 0 Å². The van der Waals surface area contributed by atoms with Gasteiger partial charge in [-0.15, -0.1) is 16.9 Å². The zero-order chi connectivity index (χ0) is 20.9. The third kappa shape index (κ3) is 4.60. The normalized spacial score (nSPS) is 10.7. The van der Waals surface area contributed by atoms with Gasteiger partial charge in [0.25, 0.3) is 5.91 Å². The number of benzene rings is 3. The molecule has 3 aromatic carbocycles. The number of hydrogen-bond acceptors (Lipinski definition) is 5. The Kier molecular flexibility index (Phi) is 6.25. The predicted octanol–water partition coefficient (Wildman–Crippen LogP) is 5.28. The van der Waals surface area contributed by atoms with Gasteiger partial charge in [-0.25, -0.2) is 0 Å². The maximum Gasteiger partial charge on any atom is 0.256 e. The standard InChI is InChI=1S/C22H18BrN5OS/c1-15-13-16(11-12-19(15)23)24-22(29)18-9-5-6-10-20(18)30-14-21-25-26-27-28(21)17-7-3-2-4-8-17/h2-13H,14H2,1H3,(H,24,29). The van der Waals surface area contributed by atoms with Crippen LogP contribution in [0.2, 0.25) is 0 Å². The Balaban J connectivity index is 1.51. The summed E-state index contributed by atoms with van der Waals surface area (Å²) in [5, 5.41) is 15.0. The summed E-state index contributed by atoms with van der Waals surface area (Å²) in [6, 6.07) is 23.0. The van der Waals surface area contributed by atoms with Crippen LogP contribution >= 0.6 is 27.7 Å². The number of nitrogens with zero attached hydrogens (tertiary/aromatic N) is 4. The number of halogens is 1. The van der Waals surface area contributed by atoms with E-state index in [9.17, 15) is 4.79 Å². The first-order chi connectivity index (χ1) is 14.6. The number of nitrogens with one attached hydrogen (secondary N) is 1. The van der Waals surface area contributed by atoms with Gasteiger partial charge in [-0.3, -0.25) is 4.79 Å². The molecule has 150 valence electrons. The fourth-order valence-electron chi connectivity index (χ4n) is 2.91. The molecule has 0 aliphatic carbocycles. The second kappa shape index (κ2) is 9.23. The molecular formula is C22H18BrN5OS. The third-order valence-corrected chi connectivity index (χ3v) is 6.40. The zero-order valence-electron chi connectivity index (χ0n) is 16.1. The lowest BCUT2D eigenvalue weighted by Gasteiger charge is -2.11. The first-order valence-corrected chi connectivity index (χ1v) is 11.0. The van der Waals surface area contributed by atoms with Gasteiger partial charge in [0.05, 0.1) is 17.0 Å². The van der Waals surface area contributed by atoms with Gasteiger partial charge in [0.15, 0.2) is 5.82 Å². The lowest BCUT2D eigenvalue weighted by Crippen LogP contribution is -2.13. The number of thioether (sulfide) groups is 1. The molecular weight excluding hydrogens is 462 g/mol. The van der Waals surface area contributed by atoms with E-state index in [0.717, 1.165) is 26.3 Å². The molecule has 1 N–H and O–H groups in total. The molecule has 30 heavy (non-hydrogen) atoms. The Bertz CT molecular complexity index is 1180. The Morgan fingerprint density at radius 3 is 2.63 bits per heavy atom. The monoisotopic (exact) mass is 479 g/mol. The van der Waals surface area contributed by atoms with Crippen LogP contribution in [0.15, 0.2) is 82.2 Å². The summed E-state index contributed by atoms with van der Waals surface area (Å²) in [5.74, 6) is 1.09. The van der Waals surface area contributed by atoms with Crippen molar-refractivity contribution in [2.75, 3.05) is 5.32 Å². The van der Waals surface area contributed by atoms with Crippen LogP contribution in [0, 0.1) is 6.92 Å². The second-order valence-electron chi connectivity index (χ2n) is 6.55. The molecule has 8 heteroatoms. The van der Waals surface area contributed by atoms with Crippen LogP contribution in [0.1, 0.15) is 21.7 Å². The maximum absolute atomic E-state index is 12.9. The average molecular weight is 480 g/mol. The average Bonchev–Trinajstić information content (AvgIpc) is 3.24. The molecule has 6 nitrogen and oxygen atoms in total. The summed E-state index contributed by atoms with van der Waals surface area (Å²) in [7, 11) is 0. The largest absolute Gasteiger partial charge is 0.322 e. The molecule has 0 saturated carbocycles. The van der Waals surface area contributed by atoms with E-state index in [-0.39, 0.29) is 5.91 Å². The number of rotatable bonds is 6. The number of tetrazole rings is 1. The fourth-order valence-corrected chi connectivity index (χ4v) is 4.11. The Labute approximate surface area is 186 Å². The molecule has 0 radical (unpaired) electrons. The molecule has 1 amide bonds. The molecule has 0 bridgehead atoms. The molecule has 0 atom stereocenters. The fraction of sp³-hybridized carbons (Fsp3) is 0.0909. The SMILES string of the molecule is Cc1cc(NC(=O)c2ccccc2SCc2nnnn2-c2ccccc2)ccc1Br. The highest BCUT2D eigenvalue weighted by atomic mass is 79.9. The molecule has 4 rings (SSSR count). The summed E-state index contributed by atoms with van der Waals surface area (Å²) in [5.41, 5.74) is 3.33. The van der Waals surface area contributed by atoms with Crippen molar-refractivity contribution in [3.63, 3.8) is 0 Å². The minimum atomic E-state index is -0.150. The van der Waals surface area contributed by atoms with E-state index in [1.807, 2.05) is 79.7 Å². The number of aryl methyl sites for hydroxylation is 1. The Morgan fingerprint density at radius 2 is 1.83 bits per heavy atom. The van der Waals surface area contributed by atoms with E-state index in [1.54, 1.807) is 4.68 Å². The highest BCUT2D eigenvalue weighted by Crippen LogP contribution is 2.27. The Hall–Kier alpha value is -2.97. The minimum Gasteiger partial charge on any atom is -0.322 e. The lowest BCUT2D eigenvalue weighted by atomic mass is 10.2. The second-order valence-corrected chi connectivity index (χ2v) is 8.42. The summed E-state index contributed by atoms with van der Waals surface area (Å²) in [6.45, 7) is 1.99. The van der Waals surface area contributed by atoms with Crippen LogP contribution in [0.4, 0.5) is 5.69 Å². The molecule has 4 aromatic rings. The van der Waals surface area contributed by atoms with Crippen LogP contribution in [0.5, 0.6) is 0 Å². The summed E-state index contributed by atoms with van der Waals surface area (Å²) in [6.07, 6.45) is 0. The molecule has 0 aliphatic heterocycles. The summed E-state index contributed by atoms with van der Waals surface area (Å²) < 4.78 is 2.72. The minimum absolute atomic E-state index is 0.150. The zero-order valence-corrected chi connectivity index (χ0v) is 18.5. The number of carbonyl (C=O) groups excluding carboxylic acids is 1. The first-order valence-electron chi connectivity index (χ1n) is 9.24. The number of para-hydroxylation sites is 1. The molecule has 1 aromatic heterocycles. The van der Waals surface area contributed by atoms with Crippen molar-refractivity contribution in [1.82, 2.24) is 20.2 Å². The van der Waals surface area contributed by atoms with Crippen LogP contribution in [0.25, 0.3) is 5.69 Å². The number of hydrogen-bond donors (Lipinski definition) is 1. The molecule has 0 spiro atoms. The van der Waals surface area contributed by atoms with Crippen LogP contribution < -0.4 is 5.32 Å². The maximum atomic E-state index is 12.9. The Morgan fingerprint density at radius 1 is 1.07 bits per heavy atom. The summed E-state index contributed by atoms with van der Waals surface area (Å²) >= 11 is 5.01. The van der Waals surface area contributed by atoms with E-state index in [0.29, 0.717) is 17.1 Å². The topological polar surface area (TPSA) is 72.7 Å². The van der Waals surface area contributed by atoms with Crippen LogP contribution in [0.3, 0.4) is 0 Å². The molecule has 0 fully saturated rings. The van der Waals surface area contributed by atoms with Gasteiger partial charge in [-0.2, -0.15) is 4.68 Å². The number of aromatic nitrogens is 4. The molecule has 0 unspecified atom stereocenters. The highest BCUT2D eigenvalue weighted by molar-refractivity contribution is 9.10. The number of amides is 1.